The highest BCUT2D eigenvalue weighted by Crippen LogP contribution is 1.98. The molecule has 0 aliphatic rings. The lowest BCUT2D eigenvalue weighted by Gasteiger charge is -2.09. The van der Waals surface area contributed by atoms with E-state index in [0.717, 1.165) is 0 Å². The van der Waals surface area contributed by atoms with Gasteiger partial charge in [-0.1, -0.05) is 5.21 Å². The molecule has 1 aromatic heterocycles. The Hall–Kier alpha value is -2.40. The first-order chi connectivity index (χ1) is 24.5. The van der Waals surface area contributed by atoms with Crippen molar-refractivity contribution in [1.82, 2.24) is 20.3 Å². The van der Waals surface area contributed by atoms with Crippen molar-refractivity contribution in [2.45, 2.75) is 25.9 Å². The molecule has 19 nitrogen and oxygen atoms in total. The van der Waals surface area contributed by atoms with Gasteiger partial charge in [-0.05, 0) is 0 Å². The van der Waals surface area contributed by atoms with Gasteiger partial charge >= 0.3 is 5.97 Å². The van der Waals surface area contributed by atoms with Crippen LogP contribution in [0.4, 0.5) is 0 Å². The highest BCUT2D eigenvalue weighted by molar-refractivity contribution is 5.73. The number of ether oxygens (including phenoxy) is 11. The number of aliphatic carboxylic acids is 1. The van der Waals surface area contributed by atoms with Gasteiger partial charge < -0.3 is 68.3 Å². The Bertz CT molecular complexity index is 917. The maximum absolute atomic E-state index is 10.8. The molecule has 1 amide bonds. The first kappa shape index (κ1) is 45.6. The minimum Gasteiger partial charge on any atom is -0.480 e. The highest BCUT2D eigenvalue weighted by Gasteiger charge is 2.14. The van der Waals surface area contributed by atoms with Crippen LogP contribution in [-0.2, 0) is 74.7 Å². The lowest BCUT2D eigenvalue weighted by atomic mass is 10.2. The molecule has 0 bridgehead atoms. The molecule has 0 spiro atoms. The van der Waals surface area contributed by atoms with Gasteiger partial charge in [0, 0.05) is 26.1 Å². The van der Waals surface area contributed by atoms with E-state index >= 15 is 0 Å². The maximum Gasteiger partial charge on any atom is 0.320 e. The second kappa shape index (κ2) is 35.0. The number of rotatable bonds is 39. The van der Waals surface area contributed by atoms with E-state index in [1.165, 1.54) is 6.92 Å². The van der Waals surface area contributed by atoms with Gasteiger partial charge in [-0.15, -0.1) is 5.10 Å². The van der Waals surface area contributed by atoms with E-state index in [9.17, 15) is 9.59 Å². The van der Waals surface area contributed by atoms with Crippen molar-refractivity contribution in [2.75, 3.05) is 152 Å². The second-order valence-electron chi connectivity index (χ2n) is 10.3. The number of carboxylic acids is 1. The quantitative estimate of drug-likeness (QED) is 0.0660. The second-order valence-corrected chi connectivity index (χ2v) is 10.3. The third-order valence-electron chi connectivity index (χ3n) is 6.14. The first-order valence-electron chi connectivity index (χ1n) is 17.0. The molecular weight excluding hydrogens is 666 g/mol. The molecule has 1 rings (SSSR count). The number of carbonyl (C=O) groups excluding carboxylic acids is 1. The average molecular weight is 726 g/mol. The lowest BCUT2D eigenvalue weighted by Crippen LogP contribution is -2.32. The first-order valence-corrected chi connectivity index (χ1v) is 17.0. The van der Waals surface area contributed by atoms with E-state index in [2.05, 4.69) is 15.6 Å². The number of carbonyl (C=O) groups is 2. The van der Waals surface area contributed by atoms with Crippen LogP contribution >= 0.6 is 0 Å². The predicted molar refractivity (Wildman–Crippen MR) is 177 cm³/mol. The molecule has 0 aliphatic heterocycles. The minimum absolute atomic E-state index is 0.0677. The normalized spacial score (nSPS) is 12.0. The number of hydrogen-bond donors (Lipinski definition) is 3. The molecule has 19 heteroatoms. The Kier molecular flexibility index (Phi) is 32.0. The molecule has 0 fully saturated rings. The average Bonchev–Trinajstić information content (AvgIpc) is 3.54. The van der Waals surface area contributed by atoms with E-state index in [0.29, 0.717) is 164 Å². The lowest BCUT2D eigenvalue weighted by molar-refractivity contribution is -0.138. The van der Waals surface area contributed by atoms with Crippen LogP contribution < -0.4 is 11.1 Å². The van der Waals surface area contributed by atoms with Crippen LogP contribution in [0.3, 0.4) is 0 Å². The van der Waals surface area contributed by atoms with Crippen molar-refractivity contribution in [3.8, 4) is 0 Å². The van der Waals surface area contributed by atoms with Gasteiger partial charge in [-0.3, -0.25) is 9.59 Å². The number of aromatic nitrogens is 3. The summed E-state index contributed by atoms with van der Waals surface area (Å²) in [7, 11) is 0. The number of nitrogens with one attached hydrogen (secondary N) is 1. The molecule has 4 N–H and O–H groups in total. The van der Waals surface area contributed by atoms with Crippen molar-refractivity contribution < 1.29 is 66.8 Å². The Morgan fingerprint density at radius 1 is 0.620 bits per heavy atom. The maximum atomic E-state index is 10.8. The Balaban J connectivity index is 1.66. The summed E-state index contributed by atoms with van der Waals surface area (Å²) in [5, 5.41) is 19.3. The molecule has 1 atom stereocenters. The zero-order valence-electron chi connectivity index (χ0n) is 29.5. The van der Waals surface area contributed by atoms with Crippen LogP contribution in [0.1, 0.15) is 12.6 Å². The largest absolute Gasteiger partial charge is 0.480 e. The van der Waals surface area contributed by atoms with Crippen LogP contribution in [0.15, 0.2) is 6.20 Å². The van der Waals surface area contributed by atoms with Gasteiger partial charge in [0.05, 0.1) is 158 Å². The minimum atomic E-state index is -1.07. The van der Waals surface area contributed by atoms with Gasteiger partial charge in [0.2, 0.25) is 5.91 Å². The van der Waals surface area contributed by atoms with E-state index in [1.54, 1.807) is 10.9 Å². The summed E-state index contributed by atoms with van der Waals surface area (Å²) in [6, 6.07) is -0.997. The zero-order chi connectivity index (χ0) is 36.2. The molecule has 0 unspecified atom stereocenters. The molecule has 292 valence electrons. The van der Waals surface area contributed by atoms with Gasteiger partial charge in [0.15, 0.2) is 0 Å². The van der Waals surface area contributed by atoms with Gasteiger partial charge in [0.25, 0.3) is 0 Å². The Labute approximate surface area is 294 Å². The Morgan fingerprint density at radius 2 is 0.940 bits per heavy atom. The summed E-state index contributed by atoms with van der Waals surface area (Å²) in [6.45, 7) is 12.8. The standard InChI is InChI=1S/C31H59N5O14/c1-28(37)33-2-4-40-6-8-42-10-12-44-14-16-46-18-20-48-22-24-50-25-23-49-21-19-47-17-15-45-13-11-43-9-7-41-5-3-36-27-29(34-35-36)26-30(32)31(38)39/h27,30H,2-26,32H2,1H3,(H,33,37)(H,38,39)/t30-/m0/s1. The molecule has 0 aromatic carbocycles. The van der Waals surface area contributed by atoms with Gasteiger partial charge in [0.1, 0.15) is 6.04 Å². The van der Waals surface area contributed by atoms with Crippen molar-refractivity contribution >= 4 is 11.9 Å². The summed E-state index contributed by atoms with van der Waals surface area (Å²) in [4.78, 5) is 21.5. The van der Waals surface area contributed by atoms with Crippen LogP contribution in [0.25, 0.3) is 0 Å². The fourth-order valence-corrected chi connectivity index (χ4v) is 3.61. The van der Waals surface area contributed by atoms with Crippen molar-refractivity contribution in [3.63, 3.8) is 0 Å². The summed E-state index contributed by atoms with van der Waals surface area (Å²) in [6.07, 6.45) is 1.79. The highest BCUT2D eigenvalue weighted by atomic mass is 16.6. The fourth-order valence-electron chi connectivity index (χ4n) is 3.61. The molecule has 50 heavy (non-hydrogen) atoms. The molecular formula is C31H59N5O14. The number of amides is 1. The molecule has 0 saturated carbocycles. The number of carboxylic acid groups (broad SMARTS) is 1. The van der Waals surface area contributed by atoms with Crippen molar-refractivity contribution in [2.24, 2.45) is 5.73 Å². The summed E-state index contributed by atoms with van der Waals surface area (Å²) in [5.41, 5.74) is 6.02. The van der Waals surface area contributed by atoms with E-state index in [4.69, 9.17) is 62.9 Å². The van der Waals surface area contributed by atoms with Gasteiger partial charge in [-0.2, -0.15) is 0 Å². The zero-order valence-corrected chi connectivity index (χ0v) is 29.5. The SMILES string of the molecule is CC(=O)NCCOCCOCCOCCOCCOCCOCCOCCOCCOCCOCCOCCn1cc(C[C@H](N)C(=O)O)nn1. The molecule has 0 saturated heterocycles. The Morgan fingerprint density at radius 3 is 1.26 bits per heavy atom. The number of hydrogen-bond acceptors (Lipinski definition) is 16. The number of nitrogens with zero attached hydrogens (tertiary/aromatic N) is 3. The number of nitrogens with two attached hydrogens (primary N) is 1. The summed E-state index contributed by atoms with van der Waals surface area (Å²) < 4.78 is 61.5. The summed E-state index contributed by atoms with van der Waals surface area (Å²) in [5.74, 6) is -1.14. The van der Waals surface area contributed by atoms with Crippen LogP contribution in [0.5, 0.6) is 0 Å². The third kappa shape index (κ3) is 31.6. The van der Waals surface area contributed by atoms with Crippen LogP contribution in [0.2, 0.25) is 0 Å². The summed E-state index contributed by atoms with van der Waals surface area (Å²) >= 11 is 0. The molecule has 1 aromatic rings. The van der Waals surface area contributed by atoms with Crippen LogP contribution in [-0.4, -0.2) is 190 Å². The van der Waals surface area contributed by atoms with E-state index in [-0.39, 0.29) is 12.3 Å². The fraction of sp³-hybridized carbons (Fsp3) is 0.871. The van der Waals surface area contributed by atoms with Crippen LogP contribution in [0, 0.1) is 0 Å². The monoisotopic (exact) mass is 725 g/mol. The van der Waals surface area contributed by atoms with E-state index in [1.807, 2.05) is 0 Å². The predicted octanol–water partition coefficient (Wildman–Crippen LogP) is -1.45. The topological polar surface area (TPSA) is 225 Å². The van der Waals surface area contributed by atoms with E-state index < -0.39 is 12.0 Å². The van der Waals surface area contributed by atoms with Crippen molar-refractivity contribution in [3.05, 3.63) is 11.9 Å². The van der Waals surface area contributed by atoms with Gasteiger partial charge in [-0.25, -0.2) is 4.68 Å². The molecule has 0 radical (unpaired) electrons. The molecule has 1 heterocycles. The molecule has 0 aliphatic carbocycles. The smallest absolute Gasteiger partial charge is 0.320 e. The third-order valence-corrected chi connectivity index (χ3v) is 6.14. The van der Waals surface area contributed by atoms with Crippen molar-refractivity contribution in [1.29, 1.82) is 0 Å².